The standard InChI is InChI=1S/C14H20Cl2N2O/c1-4-9(2)13(17)14(19)18(3)8-10-6-5-7-11(15)12(10)16/h5-7,9,13H,4,8,17H2,1-3H3/t9?,13-/m0/s1. The van der Waals surface area contributed by atoms with Crippen LogP contribution in [0.3, 0.4) is 0 Å². The van der Waals surface area contributed by atoms with Crippen LogP contribution in [0.5, 0.6) is 0 Å². The topological polar surface area (TPSA) is 46.3 Å². The van der Waals surface area contributed by atoms with E-state index in [0.29, 0.717) is 16.6 Å². The largest absolute Gasteiger partial charge is 0.340 e. The molecule has 3 nitrogen and oxygen atoms in total. The van der Waals surface area contributed by atoms with Gasteiger partial charge in [0.05, 0.1) is 16.1 Å². The van der Waals surface area contributed by atoms with E-state index in [-0.39, 0.29) is 11.8 Å². The van der Waals surface area contributed by atoms with Gasteiger partial charge in [-0.2, -0.15) is 0 Å². The minimum absolute atomic E-state index is 0.0783. The SMILES string of the molecule is CCC(C)[C@H](N)C(=O)N(C)Cc1cccc(Cl)c1Cl. The number of hydrogen-bond donors (Lipinski definition) is 1. The third-order valence-electron chi connectivity index (χ3n) is 3.36. The van der Waals surface area contributed by atoms with Crippen molar-refractivity contribution >= 4 is 29.1 Å². The summed E-state index contributed by atoms with van der Waals surface area (Å²) in [6.45, 7) is 4.40. The Hall–Kier alpha value is -0.770. The molecule has 2 N–H and O–H groups in total. The molecule has 5 heteroatoms. The van der Waals surface area contributed by atoms with Gasteiger partial charge in [0.2, 0.25) is 5.91 Å². The molecule has 1 aromatic carbocycles. The second kappa shape index (κ2) is 7.13. The molecule has 0 saturated carbocycles. The third-order valence-corrected chi connectivity index (χ3v) is 4.22. The highest BCUT2D eigenvalue weighted by Crippen LogP contribution is 2.26. The Labute approximate surface area is 124 Å². The summed E-state index contributed by atoms with van der Waals surface area (Å²) in [7, 11) is 1.72. The van der Waals surface area contributed by atoms with Crippen molar-refractivity contribution in [3.8, 4) is 0 Å². The Morgan fingerprint density at radius 1 is 1.42 bits per heavy atom. The van der Waals surface area contributed by atoms with Crippen LogP contribution in [-0.4, -0.2) is 23.9 Å². The second-order valence-electron chi connectivity index (χ2n) is 4.82. The van der Waals surface area contributed by atoms with Crippen molar-refractivity contribution in [2.24, 2.45) is 11.7 Å². The zero-order chi connectivity index (χ0) is 14.6. The number of carbonyl (C=O) groups excluding carboxylic acids is 1. The average molecular weight is 303 g/mol. The Bertz CT molecular complexity index is 451. The lowest BCUT2D eigenvalue weighted by molar-refractivity contribution is -0.132. The van der Waals surface area contributed by atoms with Gasteiger partial charge in [0.15, 0.2) is 0 Å². The molecule has 0 heterocycles. The van der Waals surface area contributed by atoms with Crippen LogP contribution in [0.2, 0.25) is 10.0 Å². The summed E-state index contributed by atoms with van der Waals surface area (Å²) in [4.78, 5) is 13.8. The van der Waals surface area contributed by atoms with E-state index in [1.807, 2.05) is 26.0 Å². The monoisotopic (exact) mass is 302 g/mol. The van der Waals surface area contributed by atoms with E-state index in [2.05, 4.69) is 0 Å². The molecule has 0 aliphatic rings. The molecule has 1 aromatic rings. The fourth-order valence-electron chi connectivity index (χ4n) is 1.76. The van der Waals surface area contributed by atoms with E-state index in [1.54, 1.807) is 18.0 Å². The lowest BCUT2D eigenvalue weighted by atomic mass is 9.99. The minimum Gasteiger partial charge on any atom is -0.340 e. The molecule has 0 spiro atoms. The van der Waals surface area contributed by atoms with E-state index in [0.717, 1.165) is 12.0 Å². The van der Waals surface area contributed by atoms with Gasteiger partial charge in [0.1, 0.15) is 0 Å². The van der Waals surface area contributed by atoms with Crippen LogP contribution >= 0.6 is 23.2 Å². The molecule has 0 bridgehead atoms. The predicted octanol–water partition coefficient (Wildman–Crippen LogP) is 3.33. The molecule has 1 amide bonds. The maximum atomic E-state index is 12.2. The van der Waals surface area contributed by atoms with E-state index in [1.165, 1.54) is 0 Å². The molecule has 0 saturated heterocycles. The molecule has 0 aliphatic heterocycles. The molecule has 1 unspecified atom stereocenters. The van der Waals surface area contributed by atoms with Crippen LogP contribution in [0, 0.1) is 5.92 Å². The van der Waals surface area contributed by atoms with Crippen LogP contribution in [0.1, 0.15) is 25.8 Å². The molecular formula is C14H20Cl2N2O. The summed E-state index contributed by atoms with van der Waals surface area (Å²) in [6.07, 6.45) is 0.874. The van der Waals surface area contributed by atoms with Crippen molar-refractivity contribution in [2.75, 3.05) is 7.05 Å². The number of nitrogens with zero attached hydrogens (tertiary/aromatic N) is 1. The van der Waals surface area contributed by atoms with Crippen LogP contribution in [0.4, 0.5) is 0 Å². The summed E-state index contributed by atoms with van der Waals surface area (Å²) in [5.41, 5.74) is 6.76. The van der Waals surface area contributed by atoms with Crippen LogP contribution in [0.15, 0.2) is 18.2 Å². The first-order valence-electron chi connectivity index (χ1n) is 6.31. The van der Waals surface area contributed by atoms with Crippen molar-refractivity contribution in [3.63, 3.8) is 0 Å². The first-order chi connectivity index (χ1) is 8.88. The lowest BCUT2D eigenvalue weighted by Crippen LogP contribution is -2.45. The number of hydrogen-bond acceptors (Lipinski definition) is 2. The molecule has 0 aromatic heterocycles. The van der Waals surface area contributed by atoms with Gasteiger partial charge >= 0.3 is 0 Å². The van der Waals surface area contributed by atoms with Crippen molar-refractivity contribution < 1.29 is 4.79 Å². The maximum absolute atomic E-state index is 12.2. The van der Waals surface area contributed by atoms with Gasteiger partial charge in [0.25, 0.3) is 0 Å². The molecular weight excluding hydrogens is 283 g/mol. The van der Waals surface area contributed by atoms with Crippen LogP contribution < -0.4 is 5.73 Å². The van der Waals surface area contributed by atoms with E-state index >= 15 is 0 Å². The van der Waals surface area contributed by atoms with E-state index in [9.17, 15) is 4.79 Å². The molecule has 0 radical (unpaired) electrons. The van der Waals surface area contributed by atoms with E-state index < -0.39 is 6.04 Å². The first-order valence-corrected chi connectivity index (χ1v) is 7.07. The fourth-order valence-corrected chi connectivity index (χ4v) is 2.14. The first kappa shape index (κ1) is 16.3. The molecule has 2 atom stereocenters. The van der Waals surface area contributed by atoms with Gasteiger partial charge < -0.3 is 10.6 Å². The van der Waals surface area contributed by atoms with Crippen molar-refractivity contribution in [3.05, 3.63) is 33.8 Å². The van der Waals surface area contributed by atoms with Gasteiger partial charge in [-0.25, -0.2) is 0 Å². The quantitative estimate of drug-likeness (QED) is 0.907. The average Bonchev–Trinajstić information content (AvgIpc) is 2.41. The van der Waals surface area contributed by atoms with Gasteiger partial charge in [0, 0.05) is 13.6 Å². The summed E-state index contributed by atoms with van der Waals surface area (Å²) in [5, 5.41) is 0.979. The van der Waals surface area contributed by atoms with Gasteiger partial charge in [-0.05, 0) is 17.5 Å². The molecule has 0 aliphatic carbocycles. The van der Waals surface area contributed by atoms with Crippen molar-refractivity contribution in [1.82, 2.24) is 4.90 Å². The van der Waals surface area contributed by atoms with Crippen LogP contribution in [0.25, 0.3) is 0 Å². The van der Waals surface area contributed by atoms with Gasteiger partial charge in [-0.1, -0.05) is 55.6 Å². The number of rotatable bonds is 5. The number of amides is 1. The summed E-state index contributed by atoms with van der Waals surface area (Å²) >= 11 is 12.1. The summed E-state index contributed by atoms with van der Waals surface area (Å²) < 4.78 is 0. The number of nitrogens with two attached hydrogens (primary N) is 1. The Balaban J connectivity index is 2.77. The normalized spacial score (nSPS) is 14.0. The zero-order valence-electron chi connectivity index (χ0n) is 11.5. The zero-order valence-corrected chi connectivity index (χ0v) is 13.0. The van der Waals surface area contributed by atoms with Crippen LogP contribution in [-0.2, 0) is 11.3 Å². The second-order valence-corrected chi connectivity index (χ2v) is 5.60. The number of carbonyl (C=O) groups is 1. The van der Waals surface area contributed by atoms with Crippen molar-refractivity contribution in [2.45, 2.75) is 32.9 Å². The molecule has 0 fully saturated rings. The highest BCUT2D eigenvalue weighted by Gasteiger charge is 2.23. The molecule has 19 heavy (non-hydrogen) atoms. The smallest absolute Gasteiger partial charge is 0.239 e. The number of likely N-dealkylation sites (N-methyl/N-ethyl adjacent to an activating group) is 1. The van der Waals surface area contributed by atoms with E-state index in [4.69, 9.17) is 28.9 Å². The fraction of sp³-hybridized carbons (Fsp3) is 0.500. The Morgan fingerprint density at radius 2 is 2.05 bits per heavy atom. The highest BCUT2D eigenvalue weighted by molar-refractivity contribution is 6.42. The number of benzene rings is 1. The molecule has 106 valence electrons. The Morgan fingerprint density at radius 3 is 2.63 bits per heavy atom. The minimum atomic E-state index is -0.479. The highest BCUT2D eigenvalue weighted by atomic mass is 35.5. The third kappa shape index (κ3) is 4.10. The van der Waals surface area contributed by atoms with Gasteiger partial charge in [-0.15, -0.1) is 0 Å². The van der Waals surface area contributed by atoms with Gasteiger partial charge in [-0.3, -0.25) is 4.79 Å². The predicted molar refractivity (Wildman–Crippen MR) is 80.4 cm³/mol. The Kier molecular flexibility index (Phi) is 6.11. The summed E-state index contributed by atoms with van der Waals surface area (Å²) in [5.74, 6) is 0.0789. The maximum Gasteiger partial charge on any atom is 0.239 e. The molecule has 1 rings (SSSR count). The van der Waals surface area contributed by atoms with Crippen molar-refractivity contribution in [1.29, 1.82) is 0 Å². The lowest BCUT2D eigenvalue weighted by Gasteiger charge is -2.25. The summed E-state index contributed by atoms with van der Waals surface area (Å²) in [6, 6.07) is 4.91. The number of halogens is 2.